The van der Waals surface area contributed by atoms with E-state index in [0.717, 1.165) is 19.6 Å². The van der Waals surface area contributed by atoms with Crippen LogP contribution in [0.15, 0.2) is 76.2 Å². The Balaban J connectivity index is 1.20. The molecule has 0 fully saturated rings. The van der Waals surface area contributed by atoms with Crippen molar-refractivity contribution in [3.63, 3.8) is 0 Å². The van der Waals surface area contributed by atoms with Gasteiger partial charge in [0.25, 0.3) is 0 Å². The number of benzene rings is 2. The molecular formula is C24H21ClN4O3S3. The maximum absolute atomic E-state index is 12.3. The van der Waals surface area contributed by atoms with Crippen molar-refractivity contribution in [1.82, 2.24) is 15.3 Å². The smallest absolute Gasteiger partial charge is 0.234 e. The third kappa shape index (κ3) is 8.14. The molecule has 4 aromatic rings. The van der Waals surface area contributed by atoms with E-state index in [0.29, 0.717) is 29.6 Å². The van der Waals surface area contributed by atoms with Gasteiger partial charge >= 0.3 is 0 Å². The first-order chi connectivity index (χ1) is 17.0. The molecule has 0 radical (unpaired) electrons. The van der Waals surface area contributed by atoms with Crippen molar-refractivity contribution in [3.05, 3.63) is 71.9 Å². The molecule has 0 unspecified atom stereocenters. The van der Waals surface area contributed by atoms with Crippen molar-refractivity contribution in [2.45, 2.75) is 9.37 Å². The number of amides is 2. The average Bonchev–Trinajstić information content (AvgIpc) is 3.28. The number of ether oxygens (including phenoxy) is 1. The standard InChI is InChI=1S/C24H21ClN4O3S3/c25-16-4-7-18(8-5-16)32-12-11-26-21(30)14-34-24-29-19-9-6-17(13-20(19)35-24)28-22(31)15-33-23-3-1-2-10-27-23/h1-10,13H,11-12,14-15H2,(H,26,30)(H,28,31). The first-order valence-electron chi connectivity index (χ1n) is 10.6. The van der Waals surface area contributed by atoms with Gasteiger partial charge < -0.3 is 15.4 Å². The number of nitrogens with zero attached hydrogens (tertiary/aromatic N) is 2. The Morgan fingerprint density at radius 1 is 1.00 bits per heavy atom. The Morgan fingerprint density at radius 3 is 2.63 bits per heavy atom. The van der Waals surface area contributed by atoms with Crippen LogP contribution < -0.4 is 15.4 Å². The molecule has 35 heavy (non-hydrogen) atoms. The number of hydrogen-bond donors (Lipinski definition) is 2. The predicted molar refractivity (Wildman–Crippen MR) is 144 cm³/mol. The number of thiazole rings is 1. The Labute approximate surface area is 220 Å². The van der Waals surface area contributed by atoms with Gasteiger partial charge in [-0.05, 0) is 54.6 Å². The lowest BCUT2D eigenvalue weighted by atomic mass is 10.3. The van der Waals surface area contributed by atoms with E-state index in [2.05, 4.69) is 20.6 Å². The number of pyridine rings is 1. The number of hydrogen-bond acceptors (Lipinski definition) is 8. The summed E-state index contributed by atoms with van der Waals surface area (Å²) < 4.78 is 7.30. The lowest BCUT2D eigenvalue weighted by Crippen LogP contribution is -2.29. The minimum absolute atomic E-state index is 0.0904. The zero-order chi connectivity index (χ0) is 24.5. The third-order valence-electron chi connectivity index (χ3n) is 4.47. The number of nitrogens with one attached hydrogen (secondary N) is 2. The summed E-state index contributed by atoms with van der Waals surface area (Å²) in [5.74, 6) is 1.05. The van der Waals surface area contributed by atoms with E-state index in [1.54, 1.807) is 30.5 Å². The van der Waals surface area contributed by atoms with Crippen molar-refractivity contribution < 1.29 is 14.3 Å². The van der Waals surface area contributed by atoms with Crippen molar-refractivity contribution in [3.8, 4) is 5.75 Å². The van der Waals surface area contributed by atoms with Gasteiger partial charge in [0.05, 0.1) is 33.3 Å². The molecular weight excluding hydrogens is 524 g/mol. The zero-order valence-electron chi connectivity index (χ0n) is 18.4. The molecule has 0 bridgehead atoms. The van der Waals surface area contributed by atoms with Crippen LogP contribution in [0, 0.1) is 0 Å². The summed E-state index contributed by atoms with van der Waals surface area (Å²) >= 11 is 10.1. The topological polar surface area (TPSA) is 93.2 Å². The van der Waals surface area contributed by atoms with Crippen LogP contribution in [0.1, 0.15) is 0 Å². The Morgan fingerprint density at radius 2 is 1.83 bits per heavy atom. The predicted octanol–water partition coefficient (Wildman–Crippen LogP) is 5.36. The van der Waals surface area contributed by atoms with Crippen molar-refractivity contribution in [2.24, 2.45) is 0 Å². The quantitative estimate of drug-likeness (QED) is 0.194. The van der Waals surface area contributed by atoms with E-state index >= 15 is 0 Å². The van der Waals surface area contributed by atoms with E-state index in [9.17, 15) is 9.59 Å². The fraction of sp³-hybridized carbons (Fsp3) is 0.167. The largest absolute Gasteiger partial charge is 0.492 e. The van der Waals surface area contributed by atoms with E-state index in [-0.39, 0.29) is 23.3 Å². The van der Waals surface area contributed by atoms with Gasteiger partial charge in [0.15, 0.2) is 4.34 Å². The molecule has 0 spiro atoms. The highest BCUT2D eigenvalue weighted by Gasteiger charge is 2.10. The van der Waals surface area contributed by atoms with Crippen LogP contribution in [0.25, 0.3) is 10.2 Å². The molecule has 2 aromatic heterocycles. The molecule has 0 aliphatic carbocycles. The lowest BCUT2D eigenvalue weighted by Gasteiger charge is -2.07. The van der Waals surface area contributed by atoms with Crippen molar-refractivity contribution >= 4 is 74.2 Å². The van der Waals surface area contributed by atoms with Gasteiger partial charge in [0.1, 0.15) is 12.4 Å². The molecule has 0 saturated heterocycles. The van der Waals surface area contributed by atoms with E-state index < -0.39 is 0 Å². The van der Waals surface area contributed by atoms with Crippen LogP contribution >= 0.6 is 46.5 Å². The van der Waals surface area contributed by atoms with Crippen LogP contribution in [0.5, 0.6) is 5.75 Å². The molecule has 0 saturated carbocycles. The number of anilines is 1. The van der Waals surface area contributed by atoms with Crippen LogP contribution in [-0.2, 0) is 9.59 Å². The number of carbonyl (C=O) groups is 2. The van der Waals surface area contributed by atoms with Gasteiger partial charge in [0.2, 0.25) is 11.8 Å². The summed E-state index contributed by atoms with van der Waals surface area (Å²) in [4.78, 5) is 33.2. The highest BCUT2D eigenvalue weighted by molar-refractivity contribution is 8.01. The normalized spacial score (nSPS) is 10.8. The van der Waals surface area contributed by atoms with Gasteiger partial charge in [0, 0.05) is 16.9 Å². The molecule has 0 aliphatic heterocycles. The summed E-state index contributed by atoms with van der Waals surface area (Å²) in [6.45, 7) is 0.775. The van der Waals surface area contributed by atoms with Crippen LogP contribution in [0.3, 0.4) is 0 Å². The highest BCUT2D eigenvalue weighted by Crippen LogP contribution is 2.31. The lowest BCUT2D eigenvalue weighted by molar-refractivity contribution is -0.118. The molecule has 2 N–H and O–H groups in total. The van der Waals surface area contributed by atoms with Gasteiger partial charge in [-0.2, -0.15) is 0 Å². The highest BCUT2D eigenvalue weighted by atomic mass is 35.5. The first-order valence-corrected chi connectivity index (χ1v) is 13.7. The van der Waals surface area contributed by atoms with Crippen molar-refractivity contribution in [2.75, 3.05) is 30.0 Å². The van der Waals surface area contributed by atoms with Crippen LogP contribution in [0.4, 0.5) is 5.69 Å². The van der Waals surface area contributed by atoms with Gasteiger partial charge in [-0.1, -0.05) is 41.2 Å². The Hall–Kier alpha value is -2.79. The molecule has 180 valence electrons. The minimum atomic E-state index is -0.101. The van der Waals surface area contributed by atoms with E-state index in [4.69, 9.17) is 16.3 Å². The molecule has 11 heteroatoms. The zero-order valence-corrected chi connectivity index (χ0v) is 21.6. The van der Waals surface area contributed by atoms with Gasteiger partial charge in [-0.3, -0.25) is 9.59 Å². The number of carbonyl (C=O) groups excluding carboxylic acids is 2. The third-order valence-corrected chi connectivity index (χ3v) is 7.83. The second-order valence-electron chi connectivity index (χ2n) is 7.11. The van der Waals surface area contributed by atoms with Crippen molar-refractivity contribution in [1.29, 1.82) is 0 Å². The number of fused-ring (bicyclic) bond motifs is 1. The SMILES string of the molecule is O=C(CSc1nc2ccc(NC(=O)CSc3ccccn3)cc2s1)NCCOc1ccc(Cl)cc1. The van der Waals surface area contributed by atoms with Crippen LogP contribution in [-0.4, -0.2) is 46.4 Å². The Kier molecular flexibility index (Phi) is 9.24. The molecule has 2 aromatic carbocycles. The summed E-state index contributed by atoms with van der Waals surface area (Å²) in [6, 6.07) is 18.3. The number of rotatable bonds is 11. The average molecular weight is 545 g/mol. The first kappa shape index (κ1) is 25.3. The Bertz CT molecular complexity index is 1290. The molecule has 2 heterocycles. The number of thioether (sulfide) groups is 2. The fourth-order valence-corrected chi connectivity index (χ4v) is 5.61. The summed E-state index contributed by atoms with van der Waals surface area (Å²) in [6.07, 6.45) is 1.70. The molecule has 2 amide bonds. The summed E-state index contributed by atoms with van der Waals surface area (Å²) in [7, 11) is 0. The van der Waals surface area contributed by atoms with E-state index in [1.807, 2.05) is 36.4 Å². The van der Waals surface area contributed by atoms with Crippen LogP contribution in [0.2, 0.25) is 5.02 Å². The summed E-state index contributed by atoms with van der Waals surface area (Å²) in [5, 5.41) is 7.20. The monoisotopic (exact) mass is 544 g/mol. The molecule has 4 rings (SSSR count). The minimum Gasteiger partial charge on any atom is -0.492 e. The fourth-order valence-electron chi connectivity index (χ4n) is 2.88. The summed E-state index contributed by atoms with van der Waals surface area (Å²) in [5.41, 5.74) is 1.54. The number of aromatic nitrogens is 2. The number of halogens is 1. The van der Waals surface area contributed by atoms with Gasteiger partial charge in [-0.15, -0.1) is 11.3 Å². The molecule has 7 nitrogen and oxygen atoms in total. The maximum Gasteiger partial charge on any atom is 0.234 e. The molecule has 0 aliphatic rings. The second kappa shape index (κ2) is 12.8. The van der Waals surface area contributed by atoms with Gasteiger partial charge in [-0.25, -0.2) is 9.97 Å². The van der Waals surface area contributed by atoms with E-state index in [1.165, 1.54) is 34.9 Å². The second-order valence-corrected chi connectivity index (χ2v) is 10.8. The maximum atomic E-state index is 12.3. The molecule has 0 atom stereocenters.